The average Bonchev–Trinajstić information content (AvgIpc) is 2.60. The predicted molar refractivity (Wildman–Crippen MR) is 68.2 cm³/mol. The van der Waals surface area contributed by atoms with Crippen molar-refractivity contribution in [1.82, 2.24) is 0 Å². The van der Waals surface area contributed by atoms with Crippen LogP contribution in [0.4, 0.5) is 0 Å². The first kappa shape index (κ1) is 11.9. The van der Waals surface area contributed by atoms with Gasteiger partial charge in [0.05, 0.1) is 0 Å². The molecule has 0 fully saturated rings. The molecular formula is C15H18O2. The van der Waals surface area contributed by atoms with E-state index in [1.54, 1.807) is 0 Å². The van der Waals surface area contributed by atoms with Gasteiger partial charge in [0.2, 0.25) is 0 Å². The summed E-state index contributed by atoms with van der Waals surface area (Å²) in [5.74, 6) is 1.62. The van der Waals surface area contributed by atoms with Gasteiger partial charge < -0.3 is 9.52 Å². The molecule has 2 nitrogen and oxygen atoms in total. The topological polar surface area (TPSA) is 33.4 Å². The first-order valence-corrected chi connectivity index (χ1v) is 5.81. The number of aliphatic hydroxyl groups is 1. The van der Waals surface area contributed by atoms with E-state index >= 15 is 0 Å². The van der Waals surface area contributed by atoms with E-state index in [0.717, 1.165) is 33.8 Å². The number of aliphatic hydroxyl groups excluding tert-OH is 1. The SMILES string of the molecule is Cc1ccc(C)c(C(O)c2cc(C)oc2C)c1. The van der Waals surface area contributed by atoms with Gasteiger partial charge in [0, 0.05) is 5.56 Å². The summed E-state index contributed by atoms with van der Waals surface area (Å²) in [7, 11) is 0. The Morgan fingerprint density at radius 3 is 2.29 bits per heavy atom. The molecule has 0 amide bonds. The van der Waals surface area contributed by atoms with Gasteiger partial charge >= 0.3 is 0 Å². The Labute approximate surface area is 102 Å². The quantitative estimate of drug-likeness (QED) is 0.855. The summed E-state index contributed by atoms with van der Waals surface area (Å²) in [4.78, 5) is 0. The lowest BCUT2D eigenvalue weighted by Gasteiger charge is -2.13. The maximum absolute atomic E-state index is 10.4. The van der Waals surface area contributed by atoms with Crippen molar-refractivity contribution in [2.24, 2.45) is 0 Å². The fraction of sp³-hybridized carbons (Fsp3) is 0.333. The van der Waals surface area contributed by atoms with Gasteiger partial charge in [-0.3, -0.25) is 0 Å². The molecule has 0 aliphatic carbocycles. The lowest BCUT2D eigenvalue weighted by Crippen LogP contribution is -2.02. The molecule has 0 saturated heterocycles. The minimum absolute atomic E-state index is 0.604. The molecule has 0 bridgehead atoms. The van der Waals surface area contributed by atoms with E-state index in [-0.39, 0.29) is 0 Å². The summed E-state index contributed by atoms with van der Waals surface area (Å²) in [6.07, 6.45) is -0.604. The van der Waals surface area contributed by atoms with E-state index in [2.05, 4.69) is 6.07 Å². The molecular weight excluding hydrogens is 212 g/mol. The summed E-state index contributed by atoms with van der Waals surface area (Å²) >= 11 is 0. The summed E-state index contributed by atoms with van der Waals surface area (Å²) in [5.41, 5.74) is 4.06. The second kappa shape index (κ2) is 4.38. The third kappa shape index (κ3) is 2.27. The first-order chi connectivity index (χ1) is 7.99. The van der Waals surface area contributed by atoms with Crippen molar-refractivity contribution in [2.75, 3.05) is 0 Å². The highest BCUT2D eigenvalue weighted by molar-refractivity contribution is 5.39. The van der Waals surface area contributed by atoms with Crippen LogP contribution in [0.15, 0.2) is 28.7 Å². The Hall–Kier alpha value is -1.54. The van der Waals surface area contributed by atoms with Crippen molar-refractivity contribution < 1.29 is 9.52 Å². The number of rotatable bonds is 2. The highest BCUT2D eigenvalue weighted by Gasteiger charge is 2.18. The fourth-order valence-corrected chi connectivity index (χ4v) is 2.14. The minimum Gasteiger partial charge on any atom is -0.466 e. The van der Waals surface area contributed by atoms with Gasteiger partial charge in [0.1, 0.15) is 17.6 Å². The zero-order valence-corrected chi connectivity index (χ0v) is 10.7. The maximum Gasteiger partial charge on any atom is 0.108 e. The summed E-state index contributed by atoms with van der Waals surface area (Å²) in [5, 5.41) is 10.4. The number of hydrogen-bond donors (Lipinski definition) is 1. The number of benzene rings is 1. The van der Waals surface area contributed by atoms with Crippen LogP contribution in [0.1, 0.15) is 39.9 Å². The van der Waals surface area contributed by atoms with E-state index in [4.69, 9.17) is 4.42 Å². The molecule has 0 saturated carbocycles. The van der Waals surface area contributed by atoms with Crippen molar-refractivity contribution in [3.63, 3.8) is 0 Å². The van der Waals surface area contributed by atoms with Crippen LogP contribution in [0.2, 0.25) is 0 Å². The molecule has 2 aromatic rings. The maximum atomic E-state index is 10.4. The molecule has 0 aliphatic rings. The molecule has 1 heterocycles. The monoisotopic (exact) mass is 230 g/mol. The van der Waals surface area contributed by atoms with Gasteiger partial charge in [-0.15, -0.1) is 0 Å². The standard InChI is InChI=1S/C15H18O2/c1-9-5-6-10(2)13(7-9)15(16)14-8-11(3)17-12(14)4/h5-8,15-16H,1-4H3. The molecule has 1 atom stereocenters. The van der Waals surface area contributed by atoms with Crippen molar-refractivity contribution in [1.29, 1.82) is 0 Å². The predicted octanol–water partition coefficient (Wildman–Crippen LogP) is 3.59. The van der Waals surface area contributed by atoms with E-state index < -0.39 is 6.10 Å². The number of furan rings is 1. The van der Waals surface area contributed by atoms with Gasteiger partial charge in [-0.1, -0.05) is 23.8 Å². The highest BCUT2D eigenvalue weighted by Crippen LogP contribution is 2.29. The average molecular weight is 230 g/mol. The van der Waals surface area contributed by atoms with Gasteiger partial charge in [0.15, 0.2) is 0 Å². The highest BCUT2D eigenvalue weighted by atomic mass is 16.3. The van der Waals surface area contributed by atoms with Crippen molar-refractivity contribution in [3.05, 3.63) is 58.0 Å². The van der Waals surface area contributed by atoms with Crippen LogP contribution in [-0.4, -0.2) is 5.11 Å². The second-order valence-corrected chi connectivity index (χ2v) is 4.63. The van der Waals surface area contributed by atoms with E-state index in [1.165, 1.54) is 0 Å². The molecule has 17 heavy (non-hydrogen) atoms. The van der Waals surface area contributed by atoms with E-state index in [1.807, 2.05) is 45.9 Å². The van der Waals surface area contributed by atoms with Crippen LogP contribution >= 0.6 is 0 Å². The van der Waals surface area contributed by atoms with Crippen molar-refractivity contribution in [3.8, 4) is 0 Å². The minimum atomic E-state index is -0.604. The largest absolute Gasteiger partial charge is 0.466 e. The van der Waals surface area contributed by atoms with Crippen LogP contribution < -0.4 is 0 Å². The number of hydrogen-bond acceptors (Lipinski definition) is 2. The van der Waals surface area contributed by atoms with Crippen LogP contribution in [0, 0.1) is 27.7 Å². The lowest BCUT2D eigenvalue weighted by molar-refractivity contribution is 0.217. The van der Waals surface area contributed by atoms with Gasteiger partial charge in [-0.05, 0) is 44.9 Å². The molecule has 1 aromatic heterocycles. The van der Waals surface area contributed by atoms with Crippen molar-refractivity contribution in [2.45, 2.75) is 33.8 Å². The third-order valence-electron chi connectivity index (χ3n) is 3.10. The Balaban J connectivity index is 2.46. The molecule has 1 N–H and O–H groups in total. The molecule has 2 rings (SSSR count). The fourth-order valence-electron chi connectivity index (χ4n) is 2.14. The smallest absolute Gasteiger partial charge is 0.108 e. The zero-order chi connectivity index (χ0) is 12.6. The van der Waals surface area contributed by atoms with Gasteiger partial charge in [0.25, 0.3) is 0 Å². The van der Waals surface area contributed by atoms with Crippen LogP contribution in [-0.2, 0) is 0 Å². The number of aryl methyl sites for hydroxylation is 4. The third-order valence-corrected chi connectivity index (χ3v) is 3.10. The Kier molecular flexibility index (Phi) is 3.07. The zero-order valence-electron chi connectivity index (χ0n) is 10.7. The molecule has 0 aliphatic heterocycles. The summed E-state index contributed by atoms with van der Waals surface area (Å²) < 4.78 is 5.47. The Bertz CT molecular complexity index is 538. The van der Waals surface area contributed by atoms with Gasteiger partial charge in [-0.2, -0.15) is 0 Å². The van der Waals surface area contributed by atoms with Crippen molar-refractivity contribution >= 4 is 0 Å². The van der Waals surface area contributed by atoms with Crippen LogP contribution in [0.3, 0.4) is 0 Å². The first-order valence-electron chi connectivity index (χ1n) is 5.81. The Morgan fingerprint density at radius 1 is 1.00 bits per heavy atom. The van der Waals surface area contributed by atoms with E-state index in [9.17, 15) is 5.11 Å². The van der Waals surface area contributed by atoms with Gasteiger partial charge in [-0.25, -0.2) is 0 Å². The molecule has 1 unspecified atom stereocenters. The summed E-state index contributed by atoms with van der Waals surface area (Å²) in [6, 6.07) is 8.03. The molecule has 2 heteroatoms. The molecule has 0 spiro atoms. The van der Waals surface area contributed by atoms with Crippen LogP contribution in [0.25, 0.3) is 0 Å². The second-order valence-electron chi connectivity index (χ2n) is 4.63. The molecule has 0 radical (unpaired) electrons. The van der Waals surface area contributed by atoms with E-state index in [0.29, 0.717) is 0 Å². The molecule has 1 aromatic carbocycles. The summed E-state index contributed by atoms with van der Waals surface area (Å²) in [6.45, 7) is 7.83. The molecule has 90 valence electrons. The Morgan fingerprint density at radius 2 is 1.71 bits per heavy atom. The van der Waals surface area contributed by atoms with Crippen LogP contribution in [0.5, 0.6) is 0 Å². The normalized spacial score (nSPS) is 12.8. The lowest BCUT2D eigenvalue weighted by atomic mass is 9.96.